The number of hydrogen-bond acceptors (Lipinski definition) is 7. The summed E-state index contributed by atoms with van der Waals surface area (Å²) in [5.41, 5.74) is 3.96. The van der Waals surface area contributed by atoms with E-state index in [9.17, 15) is 24.5 Å². The lowest BCUT2D eigenvalue weighted by atomic mass is 10.2. The van der Waals surface area contributed by atoms with Crippen molar-refractivity contribution in [3.8, 4) is 5.75 Å². The van der Waals surface area contributed by atoms with Crippen molar-refractivity contribution >= 4 is 35.2 Å². The number of piperazine rings is 1. The van der Waals surface area contributed by atoms with Gasteiger partial charge in [0.2, 0.25) is 11.8 Å². The first kappa shape index (κ1) is 24.9. The molecule has 0 unspecified atom stereocenters. The lowest BCUT2D eigenvalue weighted by molar-refractivity contribution is -0.384. The molecule has 1 saturated heterocycles. The molecule has 0 saturated carbocycles. The Hall–Kier alpha value is -3.34. The quantitative estimate of drug-likeness (QED) is 0.367. The minimum absolute atomic E-state index is 0.00878. The van der Waals surface area contributed by atoms with Gasteiger partial charge in [-0.2, -0.15) is 0 Å². The SMILES string of the molecule is CC(C)(C)OC(=O)N1CCN(C/C=C\COc2cc(C(N)=O)cc([N+](=O)[O-])c2Cl)C(=O)C1. The molecule has 1 fully saturated rings. The van der Waals surface area contributed by atoms with Gasteiger partial charge in [0.25, 0.3) is 5.69 Å². The van der Waals surface area contributed by atoms with Gasteiger partial charge < -0.3 is 20.1 Å². The molecular weight excluding hydrogens is 444 g/mol. The van der Waals surface area contributed by atoms with E-state index in [1.54, 1.807) is 37.8 Å². The zero-order chi connectivity index (χ0) is 24.1. The highest BCUT2D eigenvalue weighted by Crippen LogP contribution is 2.35. The molecule has 2 N–H and O–H groups in total. The molecule has 1 aliphatic heterocycles. The predicted molar refractivity (Wildman–Crippen MR) is 116 cm³/mol. The van der Waals surface area contributed by atoms with Crippen LogP contribution in [-0.4, -0.2) is 71.0 Å². The van der Waals surface area contributed by atoms with Crippen LogP contribution >= 0.6 is 11.6 Å². The molecule has 0 aliphatic carbocycles. The Morgan fingerprint density at radius 3 is 2.53 bits per heavy atom. The van der Waals surface area contributed by atoms with Crippen LogP contribution in [0, 0.1) is 10.1 Å². The van der Waals surface area contributed by atoms with Crippen molar-refractivity contribution in [2.24, 2.45) is 5.73 Å². The van der Waals surface area contributed by atoms with Crippen LogP contribution in [0.2, 0.25) is 5.02 Å². The highest BCUT2D eigenvalue weighted by Gasteiger charge is 2.29. The number of carbonyl (C=O) groups excluding carboxylic acids is 3. The van der Waals surface area contributed by atoms with Crippen LogP contribution in [-0.2, 0) is 9.53 Å². The van der Waals surface area contributed by atoms with Gasteiger partial charge in [0.05, 0.1) is 4.92 Å². The molecule has 32 heavy (non-hydrogen) atoms. The van der Waals surface area contributed by atoms with E-state index in [1.165, 1.54) is 11.0 Å². The van der Waals surface area contributed by atoms with Crippen LogP contribution in [0.4, 0.5) is 10.5 Å². The summed E-state index contributed by atoms with van der Waals surface area (Å²) in [6, 6.07) is 2.21. The van der Waals surface area contributed by atoms with Crippen molar-refractivity contribution < 1.29 is 28.8 Å². The van der Waals surface area contributed by atoms with E-state index < -0.39 is 28.2 Å². The number of nitrogens with zero attached hydrogens (tertiary/aromatic N) is 3. The Bertz CT molecular complexity index is 943. The monoisotopic (exact) mass is 468 g/mol. The van der Waals surface area contributed by atoms with E-state index in [4.69, 9.17) is 26.8 Å². The van der Waals surface area contributed by atoms with Crippen LogP contribution in [0.5, 0.6) is 5.75 Å². The lowest BCUT2D eigenvalue weighted by Gasteiger charge is -2.34. The van der Waals surface area contributed by atoms with Crippen LogP contribution in [0.25, 0.3) is 0 Å². The van der Waals surface area contributed by atoms with E-state index in [1.807, 2.05) is 0 Å². The minimum atomic E-state index is -0.853. The van der Waals surface area contributed by atoms with Gasteiger partial charge in [-0.05, 0) is 32.9 Å². The van der Waals surface area contributed by atoms with Gasteiger partial charge >= 0.3 is 6.09 Å². The van der Waals surface area contributed by atoms with Gasteiger partial charge in [-0.15, -0.1) is 0 Å². The Morgan fingerprint density at radius 1 is 1.28 bits per heavy atom. The fourth-order valence-corrected chi connectivity index (χ4v) is 2.99. The van der Waals surface area contributed by atoms with Gasteiger partial charge in [-0.3, -0.25) is 24.6 Å². The molecule has 2 rings (SSSR count). The maximum absolute atomic E-state index is 12.3. The molecule has 1 aromatic rings. The van der Waals surface area contributed by atoms with Crippen molar-refractivity contribution in [3.05, 3.63) is 45.0 Å². The third-order valence-corrected chi connectivity index (χ3v) is 4.68. The largest absolute Gasteiger partial charge is 0.488 e. The Kier molecular flexibility index (Phi) is 8.03. The number of nitrogens with two attached hydrogens (primary N) is 1. The van der Waals surface area contributed by atoms with Gasteiger partial charge in [-0.25, -0.2) is 4.79 Å². The third kappa shape index (κ3) is 6.84. The fraction of sp³-hybridized carbons (Fsp3) is 0.450. The van der Waals surface area contributed by atoms with E-state index >= 15 is 0 Å². The summed E-state index contributed by atoms with van der Waals surface area (Å²) in [6.45, 7) is 6.18. The number of rotatable bonds is 7. The molecule has 1 aliphatic rings. The van der Waals surface area contributed by atoms with E-state index in [0.29, 0.717) is 19.6 Å². The molecule has 0 atom stereocenters. The van der Waals surface area contributed by atoms with Crippen LogP contribution < -0.4 is 10.5 Å². The molecule has 3 amide bonds. The van der Waals surface area contributed by atoms with Crippen LogP contribution in [0.15, 0.2) is 24.3 Å². The number of nitro groups is 1. The number of ether oxygens (including phenoxy) is 2. The maximum Gasteiger partial charge on any atom is 0.410 e. The first-order valence-electron chi connectivity index (χ1n) is 9.70. The van der Waals surface area contributed by atoms with E-state index in [-0.39, 0.29) is 35.4 Å². The normalized spacial score (nSPS) is 14.6. The summed E-state index contributed by atoms with van der Waals surface area (Å²) in [4.78, 5) is 49.0. The number of hydrogen-bond donors (Lipinski definition) is 1. The Labute approximate surface area is 189 Å². The summed E-state index contributed by atoms with van der Waals surface area (Å²) in [6.07, 6.45) is 2.76. The fourth-order valence-electron chi connectivity index (χ4n) is 2.75. The van der Waals surface area contributed by atoms with Crippen molar-refractivity contribution in [2.75, 3.05) is 32.8 Å². The number of benzene rings is 1. The average Bonchev–Trinajstić information content (AvgIpc) is 2.68. The van der Waals surface area contributed by atoms with Crippen molar-refractivity contribution in [3.63, 3.8) is 0 Å². The zero-order valence-electron chi connectivity index (χ0n) is 18.0. The van der Waals surface area contributed by atoms with E-state index in [0.717, 1.165) is 6.07 Å². The number of amides is 3. The number of nitro benzene ring substituents is 1. The van der Waals surface area contributed by atoms with Crippen LogP contribution in [0.1, 0.15) is 31.1 Å². The molecule has 0 bridgehead atoms. The summed E-state index contributed by atoms with van der Waals surface area (Å²) in [7, 11) is 0. The molecular formula is C20H25ClN4O7. The summed E-state index contributed by atoms with van der Waals surface area (Å²) in [5, 5.41) is 10.8. The van der Waals surface area contributed by atoms with Gasteiger partial charge in [-0.1, -0.05) is 17.7 Å². The first-order chi connectivity index (χ1) is 14.9. The molecule has 1 aromatic carbocycles. The highest BCUT2D eigenvalue weighted by atomic mass is 35.5. The zero-order valence-corrected chi connectivity index (χ0v) is 18.8. The lowest BCUT2D eigenvalue weighted by Crippen LogP contribution is -2.53. The number of carbonyl (C=O) groups is 3. The highest BCUT2D eigenvalue weighted by molar-refractivity contribution is 6.34. The average molecular weight is 469 g/mol. The third-order valence-electron chi connectivity index (χ3n) is 4.30. The molecule has 174 valence electrons. The van der Waals surface area contributed by atoms with Crippen molar-refractivity contribution in [1.29, 1.82) is 0 Å². The summed E-state index contributed by atoms with van der Waals surface area (Å²) < 4.78 is 10.7. The predicted octanol–water partition coefficient (Wildman–Crippen LogP) is 2.36. The van der Waals surface area contributed by atoms with Gasteiger partial charge in [0.1, 0.15) is 24.5 Å². The standard InChI is InChI=1S/C20H25ClN4O7/c1-20(2,3)32-19(28)24-8-7-23(16(26)12-24)6-4-5-9-31-15-11-13(18(22)27)10-14(17(15)21)25(29)30/h4-5,10-11H,6-9,12H2,1-3H3,(H2,22,27)/b5-4-. The van der Waals surface area contributed by atoms with Gasteiger partial charge in [0.15, 0.2) is 5.02 Å². The molecule has 0 radical (unpaired) electrons. The second-order valence-corrected chi connectivity index (χ2v) is 8.33. The Balaban J connectivity index is 1.89. The second kappa shape index (κ2) is 10.3. The second-order valence-electron chi connectivity index (χ2n) is 7.95. The number of halogens is 1. The van der Waals surface area contributed by atoms with Crippen LogP contribution in [0.3, 0.4) is 0 Å². The maximum atomic E-state index is 12.3. The first-order valence-corrected chi connectivity index (χ1v) is 10.1. The topological polar surface area (TPSA) is 145 Å². The molecule has 0 aromatic heterocycles. The molecule has 1 heterocycles. The Morgan fingerprint density at radius 2 is 1.97 bits per heavy atom. The van der Waals surface area contributed by atoms with E-state index in [2.05, 4.69) is 0 Å². The molecule has 11 nitrogen and oxygen atoms in total. The number of primary amides is 1. The smallest absolute Gasteiger partial charge is 0.410 e. The summed E-state index contributed by atoms with van der Waals surface area (Å²) in [5.74, 6) is -1.13. The summed E-state index contributed by atoms with van der Waals surface area (Å²) >= 11 is 5.98. The molecule has 0 spiro atoms. The minimum Gasteiger partial charge on any atom is -0.488 e. The van der Waals surface area contributed by atoms with Crippen molar-refractivity contribution in [2.45, 2.75) is 26.4 Å². The van der Waals surface area contributed by atoms with Crippen molar-refractivity contribution in [1.82, 2.24) is 9.80 Å². The van der Waals surface area contributed by atoms with Gasteiger partial charge in [0, 0.05) is 31.3 Å². The molecule has 12 heteroatoms.